The third-order valence-electron chi connectivity index (χ3n) is 4.10. The minimum atomic E-state index is -1.14. The standard InChI is InChI=1S/C19H22N6O4/c1-13-3-2-4-14(9-13)11-21-24-19-22-15(18(28)20-12-17(26)27)10-16(23-19)25-5-7-29-8-6-25/h2-4,9-11H,5-8,12H2,1H3,(H,20,28)(H,26,27)(H,22,23,24). The Labute approximate surface area is 167 Å². The Morgan fingerprint density at radius 3 is 2.79 bits per heavy atom. The van der Waals surface area contributed by atoms with Gasteiger partial charge in [-0.05, 0) is 12.5 Å². The van der Waals surface area contributed by atoms with E-state index in [1.807, 2.05) is 36.1 Å². The molecule has 0 unspecified atom stereocenters. The Balaban J connectivity index is 1.81. The number of nitrogens with zero attached hydrogens (tertiary/aromatic N) is 4. The van der Waals surface area contributed by atoms with Crippen molar-refractivity contribution in [2.45, 2.75) is 6.92 Å². The molecule has 0 spiro atoms. The predicted molar refractivity (Wildman–Crippen MR) is 107 cm³/mol. The highest BCUT2D eigenvalue weighted by Crippen LogP contribution is 2.17. The van der Waals surface area contributed by atoms with Crippen LogP contribution in [-0.2, 0) is 9.53 Å². The van der Waals surface area contributed by atoms with Crippen LogP contribution in [0.15, 0.2) is 35.4 Å². The quantitative estimate of drug-likeness (QED) is 0.463. The molecule has 2 aromatic rings. The molecule has 1 aliphatic rings. The van der Waals surface area contributed by atoms with Gasteiger partial charge in [0.05, 0.1) is 19.4 Å². The minimum absolute atomic E-state index is 0.0518. The molecule has 3 N–H and O–H groups in total. The summed E-state index contributed by atoms with van der Waals surface area (Å²) >= 11 is 0. The zero-order valence-electron chi connectivity index (χ0n) is 16.0. The third kappa shape index (κ3) is 5.98. The van der Waals surface area contributed by atoms with Crippen molar-refractivity contribution < 1.29 is 19.4 Å². The Morgan fingerprint density at radius 2 is 2.07 bits per heavy atom. The maximum atomic E-state index is 12.3. The number of hydrogen-bond donors (Lipinski definition) is 3. The van der Waals surface area contributed by atoms with Gasteiger partial charge in [0.25, 0.3) is 5.91 Å². The zero-order valence-corrected chi connectivity index (χ0v) is 16.0. The minimum Gasteiger partial charge on any atom is -0.480 e. The van der Waals surface area contributed by atoms with Crippen LogP contribution in [0.1, 0.15) is 21.6 Å². The molecular formula is C19H22N6O4. The first kappa shape index (κ1) is 20.2. The van der Waals surface area contributed by atoms with E-state index in [1.165, 1.54) is 6.07 Å². The van der Waals surface area contributed by atoms with Crippen LogP contribution in [0.2, 0.25) is 0 Å². The Kier molecular flexibility index (Phi) is 6.69. The van der Waals surface area contributed by atoms with Crippen molar-refractivity contribution in [3.8, 4) is 0 Å². The molecule has 1 aliphatic heterocycles. The normalized spacial score (nSPS) is 14.0. The van der Waals surface area contributed by atoms with E-state index in [1.54, 1.807) is 6.21 Å². The fourth-order valence-corrected chi connectivity index (χ4v) is 2.72. The number of carbonyl (C=O) groups is 2. The number of hydrazone groups is 1. The van der Waals surface area contributed by atoms with Crippen molar-refractivity contribution in [3.63, 3.8) is 0 Å². The van der Waals surface area contributed by atoms with Crippen molar-refractivity contribution in [3.05, 3.63) is 47.2 Å². The Hall–Kier alpha value is -3.53. The monoisotopic (exact) mass is 398 g/mol. The van der Waals surface area contributed by atoms with Gasteiger partial charge in [0.2, 0.25) is 5.95 Å². The summed E-state index contributed by atoms with van der Waals surface area (Å²) in [5, 5.41) is 15.2. The maximum Gasteiger partial charge on any atom is 0.322 e. The highest BCUT2D eigenvalue weighted by Gasteiger charge is 2.18. The predicted octanol–water partition coefficient (Wildman–Crippen LogP) is 0.882. The van der Waals surface area contributed by atoms with Crippen molar-refractivity contribution in [2.75, 3.05) is 43.2 Å². The number of carboxylic acid groups (broad SMARTS) is 1. The van der Waals surface area contributed by atoms with Gasteiger partial charge in [-0.1, -0.05) is 29.8 Å². The highest BCUT2D eigenvalue weighted by atomic mass is 16.5. The van der Waals surface area contributed by atoms with E-state index >= 15 is 0 Å². The summed E-state index contributed by atoms with van der Waals surface area (Å²) in [6.07, 6.45) is 1.63. The first-order valence-corrected chi connectivity index (χ1v) is 9.09. The molecule has 2 heterocycles. The van der Waals surface area contributed by atoms with Gasteiger partial charge in [-0.2, -0.15) is 10.1 Å². The number of morpholine rings is 1. The van der Waals surface area contributed by atoms with E-state index in [4.69, 9.17) is 9.84 Å². The van der Waals surface area contributed by atoms with Crippen LogP contribution in [0.5, 0.6) is 0 Å². The summed E-state index contributed by atoms with van der Waals surface area (Å²) in [5.41, 5.74) is 4.81. The first-order chi connectivity index (χ1) is 14.0. The van der Waals surface area contributed by atoms with Crippen LogP contribution in [0.25, 0.3) is 0 Å². The molecule has 10 nitrogen and oxygen atoms in total. The SMILES string of the molecule is Cc1cccc(C=NNc2nc(C(=O)NCC(=O)O)cc(N3CCOCC3)n2)c1. The zero-order chi connectivity index (χ0) is 20.6. The van der Waals surface area contributed by atoms with E-state index < -0.39 is 18.4 Å². The summed E-state index contributed by atoms with van der Waals surface area (Å²) in [6, 6.07) is 9.33. The lowest BCUT2D eigenvalue weighted by molar-refractivity contribution is -0.135. The second kappa shape index (κ2) is 9.60. The number of rotatable bonds is 7. The largest absolute Gasteiger partial charge is 0.480 e. The summed E-state index contributed by atoms with van der Waals surface area (Å²) in [5.74, 6) is -1.06. The van der Waals surface area contributed by atoms with Crippen molar-refractivity contribution in [1.82, 2.24) is 15.3 Å². The van der Waals surface area contributed by atoms with Crippen molar-refractivity contribution in [2.24, 2.45) is 5.10 Å². The number of hydrogen-bond acceptors (Lipinski definition) is 8. The lowest BCUT2D eigenvalue weighted by Crippen LogP contribution is -2.37. The highest BCUT2D eigenvalue weighted by molar-refractivity contribution is 5.95. The van der Waals surface area contributed by atoms with Crippen molar-refractivity contribution in [1.29, 1.82) is 0 Å². The molecular weight excluding hydrogens is 376 g/mol. The molecule has 3 rings (SSSR count). The third-order valence-corrected chi connectivity index (χ3v) is 4.10. The Morgan fingerprint density at radius 1 is 1.28 bits per heavy atom. The lowest BCUT2D eigenvalue weighted by Gasteiger charge is -2.28. The Bertz CT molecular complexity index is 911. The van der Waals surface area contributed by atoms with Gasteiger partial charge in [0, 0.05) is 19.2 Å². The number of aryl methyl sites for hydroxylation is 1. The average molecular weight is 398 g/mol. The van der Waals surface area contributed by atoms with Crippen LogP contribution in [0, 0.1) is 6.92 Å². The number of carboxylic acids is 1. The molecule has 0 atom stereocenters. The molecule has 1 fully saturated rings. The molecule has 1 amide bonds. The second-order valence-corrected chi connectivity index (χ2v) is 6.39. The topological polar surface area (TPSA) is 129 Å². The van der Waals surface area contributed by atoms with Gasteiger partial charge in [-0.3, -0.25) is 9.59 Å². The van der Waals surface area contributed by atoms with Gasteiger partial charge in [0.1, 0.15) is 18.1 Å². The van der Waals surface area contributed by atoms with E-state index in [0.29, 0.717) is 32.1 Å². The fourth-order valence-electron chi connectivity index (χ4n) is 2.72. The average Bonchev–Trinajstić information content (AvgIpc) is 2.72. The molecule has 1 aromatic heterocycles. The molecule has 0 bridgehead atoms. The first-order valence-electron chi connectivity index (χ1n) is 9.09. The molecule has 0 saturated carbocycles. The number of amides is 1. The molecule has 152 valence electrons. The number of carbonyl (C=O) groups excluding carboxylic acids is 1. The molecule has 0 radical (unpaired) electrons. The molecule has 29 heavy (non-hydrogen) atoms. The van der Waals surface area contributed by atoms with Gasteiger partial charge >= 0.3 is 5.97 Å². The molecule has 0 aliphatic carbocycles. The summed E-state index contributed by atoms with van der Waals surface area (Å²) < 4.78 is 5.35. The van der Waals surface area contributed by atoms with Crippen LogP contribution in [0.4, 0.5) is 11.8 Å². The molecule has 1 aromatic carbocycles. The summed E-state index contributed by atoms with van der Waals surface area (Å²) in [6.45, 7) is 3.85. The number of nitrogens with one attached hydrogen (secondary N) is 2. The maximum absolute atomic E-state index is 12.3. The summed E-state index contributed by atoms with van der Waals surface area (Å²) in [4.78, 5) is 33.6. The van der Waals surface area contributed by atoms with Gasteiger partial charge in [-0.15, -0.1) is 0 Å². The van der Waals surface area contributed by atoms with E-state index in [9.17, 15) is 9.59 Å². The number of ether oxygens (including phenoxy) is 1. The van der Waals surface area contributed by atoms with E-state index in [0.717, 1.165) is 11.1 Å². The number of benzene rings is 1. The summed E-state index contributed by atoms with van der Waals surface area (Å²) in [7, 11) is 0. The number of aliphatic carboxylic acids is 1. The van der Waals surface area contributed by atoms with Crippen LogP contribution in [0.3, 0.4) is 0 Å². The van der Waals surface area contributed by atoms with Crippen LogP contribution < -0.4 is 15.6 Å². The second-order valence-electron chi connectivity index (χ2n) is 6.39. The fraction of sp³-hybridized carbons (Fsp3) is 0.316. The smallest absolute Gasteiger partial charge is 0.322 e. The van der Waals surface area contributed by atoms with Gasteiger partial charge < -0.3 is 20.1 Å². The van der Waals surface area contributed by atoms with Crippen LogP contribution in [-0.4, -0.2) is 66.0 Å². The van der Waals surface area contributed by atoms with E-state index in [-0.39, 0.29) is 11.6 Å². The van der Waals surface area contributed by atoms with Crippen LogP contribution >= 0.6 is 0 Å². The van der Waals surface area contributed by atoms with Gasteiger partial charge in [-0.25, -0.2) is 10.4 Å². The lowest BCUT2D eigenvalue weighted by atomic mass is 10.2. The number of aromatic nitrogens is 2. The number of anilines is 2. The van der Waals surface area contributed by atoms with Crippen molar-refractivity contribution >= 4 is 29.9 Å². The molecule has 1 saturated heterocycles. The molecule has 10 heteroatoms. The van der Waals surface area contributed by atoms with E-state index in [2.05, 4.69) is 25.8 Å². The van der Waals surface area contributed by atoms with Gasteiger partial charge in [0.15, 0.2) is 0 Å².